The van der Waals surface area contributed by atoms with Crippen molar-refractivity contribution in [1.82, 2.24) is 0 Å². The Morgan fingerprint density at radius 3 is 2.00 bits per heavy atom. The van der Waals surface area contributed by atoms with Gasteiger partial charge in [0.1, 0.15) is 5.78 Å². The predicted octanol–water partition coefficient (Wildman–Crippen LogP) is 1.17. The maximum atomic E-state index is 11.2. The minimum atomic E-state index is -0.521. The maximum Gasteiger partial charge on any atom is 0.203 e. The van der Waals surface area contributed by atoms with Gasteiger partial charge in [0, 0.05) is 0 Å². The zero-order chi connectivity index (χ0) is 13.7. The van der Waals surface area contributed by atoms with E-state index in [1.165, 1.54) is 6.92 Å². The standard InChI is InChI=1S/C13H19NO4/c1-8(15)10(14)5-9-6-11(16-2)13(18-4)12(7-9)17-3/h6-7,10H,5,14H2,1-4H3/t10-/m0/s1. The second kappa shape index (κ2) is 6.26. The molecule has 0 unspecified atom stereocenters. The number of Topliss-reactive ketones (excluding diaryl/α,β-unsaturated/α-hetero) is 1. The van der Waals surface area contributed by atoms with Gasteiger partial charge in [0.2, 0.25) is 5.75 Å². The summed E-state index contributed by atoms with van der Waals surface area (Å²) in [4.78, 5) is 11.2. The third-order valence-corrected chi connectivity index (χ3v) is 2.70. The Kier molecular flexibility index (Phi) is 4.97. The largest absolute Gasteiger partial charge is 0.493 e. The number of carbonyl (C=O) groups is 1. The lowest BCUT2D eigenvalue weighted by Gasteiger charge is -2.15. The number of nitrogens with two attached hydrogens (primary N) is 1. The highest BCUT2D eigenvalue weighted by Crippen LogP contribution is 2.38. The van der Waals surface area contributed by atoms with Crippen LogP contribution in [0.5, 0.6) is 17.2 Å². The van der Waals surface area contributed by atoms with E-state index in [4.69, 9.17) is 19.9 Å². The molecule has 1 aromatic rings. The number of ether oxygens (including phenoxy) is 3. The number of carbonyl (C=O) groups excluding carboxylic acids is 1. The molecule has 0 heterocycles. The molecule has 0 aliphatic rings. The number of rotatable bonds is 6. The first kappa shape index (κ1) is 14.3. The molecular weight excluding hydrogens is 234 g/mol. The lowest BCUT2D eigenvalue weighted by molar-refractivity contribution is -0.118. The van der Waals surface area contributed by atoms with E-state index in [-0.39, 0.29) is 5.78 Å². The summed E-state index contributed by atoms with van der Waals surface area (Å²) in [7, 11) is 4.64. The predicted molar refractivity (Wildman–Crippen MR) is 68.5 cm³/mol. The van der Waals surface area contributed by atoms with Gasteiger partial charge in [-0.3, -0.25) is 4.79 Å². The van der Waals surface area contributed by atoms with Gasteiger partial charge in [-0.1, -0.05) is 0 Å². The van der Waals surface area contributed by atoms with Crippen LogP contribution in [0.3, 0.4) is 0 Å². The third-order valence-electron chi connectivity index (χ3n) is 2.70. The quantitative estimate of drug-likeness (QED) is 0.824. The number of hydrogen-bond acceptors (Lipinski definition) is 5. The van der Waals surface area contributed by atoms with E-state index in [1.54, 1.807) is 33.5 Å². The molecule has 2 N–H and O–H groups in total. The van der Waals surface area contributed by atoms with Gasteiger partial charge in [0.25, 0.3) is 0 Å². The summed E-state index contributed by atoms with van der Waals surface area (Å²) in [5.74, 6) is 1.59. The van der Waals surface area contributed by atoms with Crippen LogP contribution in [-0.2, 0) is 11.2 Å². The fourth-order valence-electron chi connectivity index (χ4n) is 1.65. The molecule has 0 aliphatic carbocycles. The van der Waals surface area contributed by atoms with Crippen LogP contribution in [0, 0.1) is 0 Å². The van der Waals surface area contributed by atoms with Crippen molar-refractivity contribution in [3.63, 3.8) is 0 Å². The minimum Gasteiger partial charge on any atom is -0.493 e. The van der Waals surface area contributed by atoms with Gasteiger partial charge < -0.3 is 19.9 Å². The number of methoxy groups -OCH3 is 3. The van der Waals surface area contributed by atoms with Crippen LogP contribution in [0.25, 0.3) is 0 Å². The average molecular weight is 253 g/mol. The Morgan fingerprint density at radius 2 is 1.67 bits per heavy atom. The molecule has 5 nitrogen and oxygen atoms in total. The number of hydrogen-bond donors (Lipinski definition) is 1. The topological polar surface area (TPSA) is 70.8 Å². The van der Waals surface area contributed by atoms with Gasteiger partial charge >= 0.3 is 0 Å². The lowest BCUT2D eigenvalue weighted by atomic mass is 10.0. The summed E-state index contributed by atoms with van der Waals surface area (Å²) >= 11 is 0. The maximum absolute atomic E-state index is 11.2. The van der Waals surface area contributed by atoms with E-state index in [9.17, 15) is 4.79 Å². The molecule has 100 valence electrons. The smallest absolute Gasteiger partial charge is 0.203 e. The molecule has 0 radical (unpaired) electrons. The lowest BCUT2D eigenvalue weighted by Crippen LogP contribution is -2.30. The van der Waals surface area contributed by atoms with E-state index in [2.05, 4.69) is 0 Å². The molecule has 18 heavy (non-hydrogen) atoms. The summed E-state index contributed by atoms with van der Waals surface area (Å²) in [6.07, 6.45) is 0.437. The van der Waals surface area contributed by atoms with E-state index in [1.807, 2.05) is 0 Å². The van der Waals surface area contributed by atoms with E-state index < -0.39 is 6.04 Å². The molecule has 1 atom stereocenters. The molecule has 0 aliphatic heterocycles. The second-order valence-electron chi connectivity index (χ2n) is 3.95. The summed E-state index contributed by atoms with van der Waals surface area (Å²) in [5.41, 5.74) is 6.61. The van der Waals surface area contributed by atoms with Gasteiger partial charge in [0.05, 0.1) is 27.4 Å². The summed E-state index contributed by atoms with van der Waals surface area (Å²) in [6.45, 7) is 1.47. The summed E-state index contributed by atoms with van der Waals surface area (Å²) in [5, 5.41) is 0. The Hall–Kier alpha value is -1.75. The fraction of sp³-hybridized carbons (Fsp3) is 0.462. The van der Waals surface area contributed by atoms with Crippen molar-refractivity contribution in [3.05, 3.63) is 17.7 Å². The zero-order valence-electron chi connectivity index (χ0n) is 11.1. The highest BCUT2D eigenvalue weighted by molar-refractivity contribution is 5.81. The number of ketones is 1. The molecule has 1 aromatic carbocycles. The van der Waals surface area contributed by atoms with E-state index in [0.29, 0.717) is 23.7 Å². The highest BCUT2D eigenvalue weighted by atomic mass is 16.5. The first-order chi connectivity index (χ1) is 8.53. The van der Waals surface area contributed by atoms with Gasteiger partial charge in [-0.2, -0.15) is 0 Å². The van der Waals surface area contributed by atoms with Crippen molar-refractivity contribution in [2.24, 2.45) is 5.73 Å². The van der Waals surface area contributed by atoms with Crippen LogP contribution in [0.15, 0.2) is 12.1 Å². The van der Waals surface area contributed by atoms with Crippen molar-refractivity contribution < 1.29 is 19.0 Å². The third kappa shape index (κ3) is 3.13. The monoisotopic (exact) mass is 253 g/mol. The SMILES string of the molecule is COc1cc(C[C@H](N)C(C)=O)cc(OC)c1OC. The Labute approximate surface area is 107 Å². The van der Waals surface area contributed by atoms with Gasteiger partial charge in [-0.15, -0.1) is 0 Å². The second-order valence-corrected chi connectivity index (χ2v) is 3.95. The molecule has 0 aromatic heterocycles. The zero-order valence-corrected chi connectivity index (χ0v) is 11.1. The molecular formula is C13H19NO4. The molecule has 0 amide bonds. The van der Waals surface area contributed by atoms with Crippen LogP contribution >= 0.6 is 0 Å². The van der Waals surface area contributed by atoms with Gasteiger partial charge in [-0.05, 0) is 31.0 Å². The van der Waals surface area contributed by atoms with Crippen LogP contribution in [-0.4, -0.2) is 33.2 Å². The van der Waals surface area contributed by atoms with Crippen molar-refractivity contribution >= 4 is 5.78 Å². The van der Waals surface area contributed by atoms with Crippen molar-refractivity contribution in [2.45, 2.75) is 19.4 Å². The van der Waals surface area contributed by atoms with Crippen LogP contribution in [0.1, 0.15) is 12.5 Å². The van der Waals surface area contributed by atoms with Crippen molar-refractivity contribution in [3.8, 4) is 17.2 Å². The Bertz CT molecular complexity index is 406. The summed E-state index contributed by atoms with van der Waals surface area (Å²) in [6, 6.07) is 3.07. The first-order valence-corrected chi connectivity index (χ1v) is 5.58. The van der Waals surface area contributed by atoms with Crippen LogP contribution in [0.2, 0.25) is 0 Å². The fourth-order valence-corrected chi connectivity index (χ4v) is 1.65. The Balaban J connectivity index is 3.11. The highest BCUT2D eigenvalue weighted by Gasteiger charge is 2.16. The van der Waals surface area contributed by atoms with E-state index in [0.717, 1.165) is 5.56 Å². The number of benzene rings is 1. The molecule has 0 bridgehead atoms. The first-order valence-electron chi connectivity index (χ1n) is 5.58. The molecule has 0 fully saturated rings. The van der Waals surface area contributed by atoms with E-state index >= 15 is 0 Å². The van der Waals surface area contributed by atoms with Crippen LogP contribution < -0.4 is 19.9 Å². The molecule has 0 saturated carbocycles. The average Bonchev–Trinajstić information content (AvgIpc) is 2.37. The van der Waals surface area contributed by atoms with Gasteiger partial charge in [0.15, 0.2) is 11.5 Å². The molecule has 0 spiro atoms. The minimum absolute atomic E-state index is 0.0521. The summed E-state index contributed by atoms with van der Waals surface area (Å²) < 4.78 is 15.7. The van der Waals surface area contributed by atoms with Crippen LogP contribution in [0.4, 0.5) is 0 Å². The van der Waals surface area contributed by atoms with Crippen molar-refractivity contribution in [1.29, 1.82) is 0 Å². The molecule has 1 rings (SSSR count). The molecule has 0 saturated heterocycles. The van der Waals surface area contributed by atoms with Gasteiger partial charge in [-0.25, -0.2) is 0 Å². The van der Waals surface area contributed by atoms with Crippen molar-refractivity contribution in [2.75, 3.05) is 21.3 Å². The molecule has 5 heteroatoms. The Morgan fingerprint density at radius 1 is 1.17 bits per heavy atom. The normalized spacial score (nSPS) is 11.8.